The number of hydrogen-bond donors (Lipinski definition) is 2. The number of hydrogen-bond acceptors (Lipinski definition) is 5. The van der Waals surface area contributed by atoms with Crippen molar-refractivity contribution in [2.45, 2.75) is 39.7 Å². The fourth-order valence-corrected chi connectivity index (χ4v) is 1.85. The van der Waals surface area contributed by atoms with E-state index < -0.39 is 0 Å². The lowest BCUT2D eigenvalue weighted by Crippen LogP contribution is -2.15. The Hall–Kier alpha value is -2.17. The van der Waals surface area contributed by atoms with Gasteiger partial charge < -0.3 is 10.6 Å². The molecule has 0 bridgehead atoms. The summed E-state index contributed by atoms with van der Waals surface area (Å²) in [5.74, 6) is 1.25. The maximum Gasteiger partial charge on any atom is 0.249 e. The predicted octanol–water partition coefficient (Wildman–Crippen LogP) is 3.39. The molecule has 106 valence electrons. The predicted molar refractivity (Wildman–Crippen MR) is 82.3 cm³/mol. The fourth-order valence-electron chi connectivity index (χ4n) is 1.85. The first-order valence-electron chi connectivity index (χ1n) is 7.04. The van der Waals surface area contributed by atoms with E-state index in [0.717, 1.165) is 24.3 Å². The zero-order valence-electron chi connectivity index (χ0n) is 12.2. The molecule has 2 rings (SSSR count). The standard InChI is InChI=1S/C15H21N5/c1-4-11(3)17-14-10-16-20-15(19-14)18-13-9-7-6-8-12(13)5-2/h6-11H,4-5H2,1-3H3,(H2,17,18,19,20). The van der Waals surface area contributed by atoms with Gasteiger partial charge in [0.05, 0.1) is 6.20 Å². The number of nitrogens with zero attached hydrogens (tertiary/aromatic N) is 3. The van der Waals surface area contributed by atoms with Crippen LogP contribution in [0, 0.1) is 0 Å². The van der Waals surface area contributed by atoms with E-state index in [-0.39, 0.29) is 0 Å². The van der Waals surface area contributed by atoms with Gasteiger partial charge in [-0.05, 0) is 31.4 Å². The van der Waals surface area contributed by atoms with Gasteiger partial charge in [0.2, 0.25) is 5.95 Å². The van der Waals surface area contributed by atoms with Crippen LogP contribution >= 0.6 is 0 Å². The SMILES string of the molecule is CCc1ccccc1Nc1nncc(NC(C)CC)n1. The third-order valence-corrected chi connectivity index (χ3v) is 3.21. The van der Waals surface area contributed by atoms with Gasteiger partial charge in [-0.3, -0.25) is 0 Å². The minimum absolute atomic E-state index is 0.363. The van der Waals surface area contributed by atoms with Gasteiger partial charge in [-0.15, -0.1) is 5.10 Å². The average Bonchev–Trinajstić information content (AvgIpc) is 2.48. The van der Waals surface area contributed by atoms with Crippen LogP contribution in [-0.4, -0.2) is 21.2 Å². The molecule has 1 aromatic heterocycles. The molecule has 0 saturated carbocycles. The van der Waals surface area contributed by atoms with Crippen molar-refractivity contribution in [3.63, 3.8) is 0 Å². The van der Waals surface area contributed by atoms with E-state index in [2.05, 4.69) is 52.7 Å². The van der Waals surface area contributed by atoms with Crippen molar-refractivity contribution < 1.29 is 0 Å². The van der Waals surface area contributed by atoms with Crippen LogP contribution in [0.2, 0.25) is 0 Å². The second-order valence-electron chi connectivity index (χ2n) is 4.75. The molecule has 0 fully saturated rings. The van der Waals surface area contributed by atoms with E-state index in [0.29, 0.717) is 12.0 Å². The second kappa shape index (κ2) is 6.84. The summed E-state index contributed by atoms with van der Waals surface area (Å²) in [4.78, 5) is 4.44. The first kappa shape index (κ1) is 14.2. The molecule has 2 aromatic rings. The van der Waals surface area contributed by atoms with E-state index in [1.165, 1.54) is 5.56 Å². The van der Waals surface area contributed by atoms with Crippen molar-refractivity contribution in [3.8, 4) is 0 Å². The number of rotatable bonds is 6. The van der Waals surface area contributed by atoms with E-state index in [1.54, 1.807) is 6.20 Å². The highest BCUT2D eigenvalue weighted by atomic mass is 15.3. The third-order valence-electron chi connectivity index (χ3n) is 3.21. The zero-order valence-corrected chi connectivity index (χ0v) is 12.2. The molecule has 1 unspecified atom stereocenters. The molecule has 5 nitrogen and oxygen atoms in total. The van der Waals surface area contributed by atoms with Gasteiger partial charge in [-0.1, -0.05) is 32.0 Å². The van der Waals surface area contributed by atoms with Gasteiger partial charge in [0.25, 0.3) is 0 Å². The Balaban J connectivity index is 2.15. The van der Waals surface area contributed by atoms with Crippen LogP contribution < -0.4 is 10.6 Å². The normalized spacial score (nSPS) is 11.9. The molecule has 0 spiro atoms. The lowest BCUT2D eigenvalue weighted by atomic mass is 10.1. The largest absolute Gasteiger partial charge is 0.366 e. The van der Waals surface area contributed by atoms with E-state index in [9.17, 15) is 0 Å². The summed E-state index contributed by atoms with van der Waals surface area (Å²) in [5.41, 5.74) is 2.26. The average molecular weight is 271 g/mol. The maximum absolute atomic E-state index is 4.44. The Kier molecular flexibility index (Phi) is 4.87. The van der Waals surface area contributed by atoms with Crippen LogP contribution in [0.25, 0.3) is 0 Å². The zero-order chi connectivity index (χ0) is 14.4. The number of para-hydroxylation sites is 1. The Labute approximate surface area is 119 Å². The number of aryl methyl sites for hydroxylation is 1. The third kappa shape index (κ3) is 3.66. The van der Waals surface area contributed by atoms with Crippen molar-refractivity contribution in [1.29, 1.82) is 0 Å². The summed E-state index contributed by atoms with van der Waals surface area (Å²) in [5, 5.41) is 14.5. The molecule has 1 atom stereocenters. The molecule has 1 heterocycles. The number of benzene rings is 1. The topological polar surface area (TPSA) is 62.7 Å². The summed E-state index contributed by atoms with van der Waals surface area (Å²) >= 11 is 0. The molecular weight excluding hydrogens is 250 g/mol. The molecule has 5 heteroatoms. The van der Waals surface area contributed by atoms with Gasteiger partial charge in [0.15, 0.2) is 5.82 Å². The van der Waals surface area contributed by atoms with Gasteiger partial charge in [-0.2, -0.15) is 10.1 Å². The van der Waals surface area contributed by atoms with Crippen LogP contribution in [0.5, 0.6) is 0 Å². The number of aromatic nitrogens is 3. The second-order valence-corrected chi connectivity index (χ2v) is 4.75. The Bertz CT molecular complexity index is 555. The Morgan fingerprint density at radius 1 is 1.20 bits per heavy atom. The molecule has 0 saturated heterocycles. The number of nitrogens with one attached hydrogen (secondary N) is 2. The van der Waals surface area contributed by atoms with Gasteiger partial charge in [0.1, 0.15) is 0 Å². The molecule has 0 aliphatic rings. The van der Waals surface area contributed by atoms with Crippen LogP contribution in [-0.2, 0) is 6.42 Å². The van der Waals surface area contributed by atoms with Crippen molar-refractivity contribution in [3.05, 3.63) is 36.0 Å². The summed E-state index contributed by atoms with van der Waals surface area (Å²) in [6.07, 6.45) is 3.63. The molecule has 0 radical (unpaired) electrons. The maximum atomic E-state index is 4.44. The molecule has 0 aliphatic heterocycles. The summed E-state index contributed by atoms with van der Waals surface area (Å²) in [6.45, 7) is 6.37. The minimum Gasteiger partial charge on any atom is -0.366 e. The molecule has 0 aliphatic carbocycles. The first-order chi connectivity index (χ1) is 9.72. The summed E-state index contributed by atoms with van der Waals surface area (Å²) in [7, 11) is 0. The molecular formula is C15H21N5. The van der Waals surface area contributed by atoms with Gasteiger partial charge in [0, 0.05) is 11.7 Å². The first-order valence-corrected chi connectivity index (χ1v) is 7.04. The quantitative estimate of drug-likeness (QED) is 0.843. The number of anilines is 3. The molecule has 1 aromatic carbocycles. The highest BCUT2D eigenvalue weighted by molar-refractivity contribution is 5.58. The van der Waals surface area contributed by atoms with Crippen molar-refractivity contribution >= 4 is 17.5 Å². The van der Waals surface area contributed by atoms with Crippen LogP contribution in [0.4, 0.5) is 17.5 Å². The highest BCUT2D eigenvalue weighted by Gasteiger charge is 2.05. The lowest BCUT2D eigenvalue weighted by molar-refractivity contribution is 0.755. The van der Waals surface area contributed by atoms with Crippen LogP contribution in [0.1, 0.15) is 32.8 Å². The lowest BCUT2D eigenvalue weighted by Gasteiger charge is -2.13. The molecule has 2 N–H and O–H groups in total. The van der Waals surface area contributed by atoms with Gasteiger partial charge in [-0.25, -0.2) is 0 Å². The van der Waals surface area contributed by atoms with E-state index in [4.69, 9.17) is 0 Å². The Morgan fingerprint density at radius 2 is 2.00 bits per heavy atom. The highest BCUT2D eigenvalue weighted by Crippen LogP contribution is 2.19. The molecule has 20 heavy (non-hydrogen) atoms. The summed E-state index contributed by atoms with van der Waals surface area (Å²) < 4.78 is 0. The van der Waals surface area contributed by atoms with Crippen molar-refractivity contribution in [2.24, 2.45) is 0 Å². The van der Waals surface area contributed by atoms with Crippen LogP contribution in [0.3, 0.4) is 0 Å². The van der Waals surface area contributed by atoms with Crippen LogP contribution in [0.15, 0.2) is 30.5 Å². The smallest absolute Gasteiger partial charge is 0.249 e. The van der Waals surface area contributed by atoms with E-state index in [1.807, 2.05) is 18.2 Å². The summed E-state index contributed by atoms with van der Waals surface area (Å²) in [6, 6.07) is 8.51. The van der Waals surface area contributed by atoms with Crippen molar-refractivity contribution in [1.82, 2.24) is 15.2 Å². The minimum atomic E-state index is 0.363. The fraction of sp³-hybridized carbons (Fsp3) is 0.400. The molecule has 0 amide bonds. The Morgan fingerprint density at radius 3 is 2.75 bits per heavy atom. The monoisotopic (exact) mass is 271 g/mol. The van der Waals surface area contributed by atoms with Crippen molar-refractivity contribution in [2.75, 3.05) is 10.6 Å². The van der Waals surface area contributed by atoms with Gasteiger partial charge >= 0.3 is 0 Å². The van der Waals surface area contributed by atoms with E-state index >= 15 is 0 Å².